The van der Waals surface area contributed by atoms with Crippen LogP contribution in [0.3, 0.4) is 0 Å². The van der Waals surface area contributed by atoms with Crippen LogP contribution in [0.1, 0.15) is 42.9 Å². The highest BCUT2D eigenvalue weighted by atomic mass is 16.2. The Morgan fingerprint density at radius 2 is 1.78 bits per heavy atom. The summed E-state index contributed by atoms with van der Waals surface area (Å²) in [7, 11) is 0. The van der Waals surface area contributed by atoms with Crippen LogP contribution in [0, 0.1) is 6.92 Å². The molecule has 1 aliphatic heterocycles. The molecule has 0 fully saturated rings. The molecule has 0 aliphatic carbocycles. The van der Waals surface area contributed by atoms with Gasteiger partial charge in [0.1, 0.15) is 0 Å². The summed E-state index contributed by atoms with van der Waals surface area (Å²) in [5.74, 6) is 0.0608. The number of para-hydroxylation sites is 1. The van der Waals surface area contributed by atoms with E-state index in [-0.39, 0.29) is 5.91 Å². The topological polar surface area (TPSA) is 32.7 Å². The summed E-state index contributed by atoms with van der Waals surface area (Å²) < 4.78 is 0. The van der Waals surface area contributed by atoms with Crippen LogP contribution >= 0.6 is 0 Å². The molecule has 0 aromatic heterocycles. The number of amides is 1. The zero-order chi connectivity index (χ0) is 16.2. The van der Waals surface area contributed by atoms with Crippen LogP contribution in [0.4, 0.5) is 5.69 Å². The summed E-state index contributed by atoms with van der Waals surface area (Å²) in [4.78, 5) is 12.3. The Bertz CT molecular complexity index is 732. The second kappa shape index (κ2) is 6.78. The first-order valence-electron chi connectivity index (χ1n) is 8.24. The standard InChI is InChI=1S/C20H22N2O/c1-3-6-16-9-11-17(12-10-16)18-13-14-20(23)22(21-18)19-8-5-4-7-15(19)2/h4-5,7-12H,3,6,13-14H2,1-2H3. The van der Waals surface area contributed by atoms with E-state index in [0.29, 0.717) is 12.8 Å². The van der Waals surface area contributed by atoms with Gasteiger partial charge in [0, 0.05) is 12.8 Å². The number of rotatable bonds is 4. The third kappa shape index (κ3) is 3.34. The van der Waals surface area contributed by atoms with E-state index in [1.165, 1.54) is 5.56 Å². The Balaban J connectivity index is 1.92. The predicted octanol–water partition coefficient (Wildman–Crippen LogP) is 4.48. The molecule has 0 atom stereocenters. The van der Waals surface area contributed by atoms with Gasteiger partial charge in [-0.25, -0.2) is 5.01 Å². The Hall–Kier alpha value is -2.42. The highest BCUT2D eigenvalue weighted by Crippen LogP contribution is 2.25. The van der Waals surface area contributed by atoms with Gasteiger partial charge in [0.25, 0.3) is 0 Å². The van der Waals surface area contributed by atoms with Crippen LogP contribution in [-0.4, -0.2) is 11.6 Å². The van der Waals surface area contributed by atoms with Gasteiger partial charge in [-0.3, -0.25) is 4.79 Å². The average molecular weight is 306 g/mol. The SMILES string of the molecule is CCCc1ccc(C2=NN(c3ccccc3C)C(=O)CC2)cc1. The van der Waals surface area contributed by atoms with Crippen molar-refractivity contribution in [2.75, 3.05) is 5.01 Å². The predicted molar refractivity (Wildman–Crippen MR) is 94.9 cm³/mol. The molecular weight excluding hydrogens is 284 g/mol. The quantitative estimate of drug-likeness (QED) is 0.819. The highest BCUT2D eigenvalue weighted by molar-refractivity contribution is 6.08. The number of benzene rings is 2. The zero-order valence-electron chi connectivity index (χ0n) is 13.7. The Kier molecular flexibility index (Phi) is 4.56. The first kappa shape index (κ1) is 15.5. The summed E-state index contributed by atoms with van der Waals surface area (Å²) >= 11 is 0. The van der Waals surface area contributed by atoms with Gasteiger partial charge in [0.15, 0.2) is 0 Å². The van der Waals surface area contributed by atoms with Crippen LogP contribution < -0.4 is 5.01 Å². The molecule has 23 heavy (non-hydrogen) atoms. The minimum absolute atomic E-state index is 0.0608. The lowest BCUT2D eigenvalue weighted by Crippen LogP contribution is -2.32. The molecule has 0 saturated carbocycles. The molecule has 2 aromatic carbocycles. The second-order valence-electron chi connectivity index (χ2n) is 5.99. The first-order valence-corrected chi connectivity index (χ1v) is 8.24. The summed E-state index contributed by atoms with van der Waals surface area (Å²) in [6, 6.07) is 16.4. The van der Waals surface area contributed by atoms with E-state index >= 15 is 0 Å². The number of carbonyl (C=O) groups is 1. The molecule has 2 aromatic rings. The van der Waals surface area contributed by atoms with Gasteiger partial charge in [0.05, 0.1) is 11.4 Å². The van der Waals surface area contributed by atoms with E-state index < -0.39 is 0 Å². The van der Waals surface area contributed by atoms with Gasteiger partial charge in [0.2, 0.25) is 5.91 Å². The van der Waals surface area contributed by atoms with Crippen molar-refractivity contribution in [3.05, 3.63) is 65.2 Å². The molecule has 3 heteroatoms. The Morgan fingerprint density at radius 3 is 2.48 bits per heavy atom. The van der Waals surface area contributed by atoms with E-state index in [0.717, 1.165) is 35.4 Å². The molecule has 3 nitrogen and oxygen atoms in total. The van der Waals surface area contributed by atoms with Gasteiger partial charge in [-0.15, -0.1) is 0 Å². The lowest BCUT2D eigenvalue weighted by molar-refractivity contribution is -0.118. The molecule has 0 bridgehead atoms. The third-order valence-corrected chi connectivity index (χ3v) is 4.20. The van der Waals surface area contributed by atoms with Crippen LogP contribution in [0.25, 0.3) is 0 Å². The molecule has 1 heterocycles. The van der Waals surface area contributed by atoms with E-state index in [4.69, 9.17) is 0 Å². The zero-order valence-corrected chi connectivity index (χ0v) is 13.7. The molecule has 0 N–H and O–H groups in total. The van der Waals surface area contributed by atoms with Gasteiger partial charge in [-0.1, -0.05) is 55.8 Å². The molecule has 0 unspecified atom stereocenters. The summed E-state index contributed by atoms with van der Waals surface area (Å²) in [5.41, 5.74) is 5.37. The van der Waals surface area contributed by atoms with Gasteiger partial charge >= 0.3 is 0 Å². The normalized spacial score (nSPS) is 14.8. The lowest BCUT2D eigenvalue weighted by Gasteiger charge is -2.25. The maximum absolute atomic E-state index is 12.3. The van der Waals surface area contributed by atoms with Crippen molar-refractivity contribution in [3.63, 3.8) is 0 Å². The Morgan fingerprint density at radius 1 is 1.04 bits per heavy atom. The van der Waals surface area contributed by atoms with Crippen LogP contribution in [0.2, 0.25) is 0 Å². The number of nitrogens with zero attached hydrogens (tertiary/aromatic N) is 2. The molecule has 3 rings (SSSR count). The number of hydrogen-bond donors (Lipinski definition) is 0. The van der Waals surface area contributed by atoms with Crippen molar-refractivity contribution in [1.82, 2.24) is 0 Å². The van der Waals surface area contributed by atoms with Crippen molar-refractivity contribution in [2.45, 2.75) is 39.5 Å². The Labute approximate surface area is 137 Å². The maximum Gasteiger partial charge on any atom is 0.247 e. The molecule has 1 aliphatic rings. The fourth-order valence-corrected chi connectivity index (χ4v) is 2.90. The van der Waals surface area contributed by atoms with E-state index in [1.54, 1.807) is 5.01 Å². The first-order chi connectivity index (χ1) is 11.2. The summed E-state index contributed by atoms with van der Waals surface area (Å²) in [6.45, 7) is 4.19. The minimum atomic E-state index is 0.0608. The van der Waals surface area contributed by atoms with E-state index in [1.807, 2.05) is 31.2 Å². The molecule has 0 radical (unpaired) electrons. The number of aryl methyl sites for hydroxylation is 2. The number of carbonyl (C=O) groups excluding carboxylic acids is 1. The highest BCUT2D eigenvalue weighted by Gasteiger charge is 2.23. The number of hydrogen-bond acceptors (Lipinski definition) is 2. The second-order valence-corrected chi connectivity index (χ2v) is 5.99. The summed E-state index contributed by atoms with van der Waals surface area (Å²) in [6.07, 6.45) is 3.45. The lowest BCUT2D eigenvalue weighted by atomic mass is 10.0. The average Bonchev–Trinajstić information content (AvgIpc) is 2.57. The van der Waals surface area contributed by atoms with Gasteiger partial charge < -0.3 is 0 Å². The van der Waals surface area contributed by atoms with Gasteiger partial charge in [-0.2, -0.15) is 5.10 Å². The van der Waals surface area contributed by atoms with E-state index in [2.05, 4.69) is 36.3 Å². The van der Waals surface area contributed by atoms with Crippen molar-refractivity contribution in [3.8, 4) is 0 Å². The van der Waals surface area contributed by atoms with Crippen molar-refractivity contribution in [2.24, 2.45) is 5.10 Å². The monoisotopic (exact) mass is 306 g/mol. The van der Waals surface area contributed by atoms with Crippen LogP contribution in [0.5, 0.6) is 0 Å². The van der Waals surface area contributed by atoms with Crippen LogP contribution in [0.15, 0.2) is 53.6 Å². The molecule has 0 saturated heterocycles. The minimum Gasteiger partial charge on any atom is -0.273 e. The molecule has 118 valence electrons. The molecular formula is C20H22N2O. The largest absolute Gasteiger partial charge is 0.273 e. The molecule has 0 spiro atoms. The third-order valence-electron chi connectivity index (χ3n) is 4.20. The van der Waals surface area contributed by atoms with Crippen molar-refractivity contribution >= 4 is 17.3 Å². The fraction of sp³-hybridized carbons (Fsp3) is 0.300. The smallest absolute Gasteiger partial charge is 0.247 e. The molecule has 1 amide bonds. The van der Waals surface area contributed by atoms with Gasteiger partial charge in [-0.05, 0) is 36.1 Å². The maximum atomic E-state index is 12.3. The van der Waals surface area contributed by atoms with Crippen molar-refractivity contribution < 1.29 is 4.79 Å². The van der Waals surface area contributed by atoms with Crippen molar-refractivity contribution in [1.29, 1.82) is 0 Å². The fourth-order valence-electron chi connectivity index (χ4n) is 2.90. The summed E-state index contributed by atoms with van der Waals surface area (Å²) in [5, 5.41) is 6.20. The number of hydrazone groups is 1. The van der Waals surface area contributed by atoms with Crippen LogP contribution in [-0.2, 0) is 11.2 Å². The number of anilines is 1. The van der Waals surface area contributed by atoms with E-state index in [9.17, 15) is 4.79 Å².